The Morgan fingerprint density at radius 2 is 1.06 bits per heavy atom. The van der Waals surface area contributed by atoms with Crippen LogP contribution in [0.4, 0.5) is 4.79 Å². The van der Waals surface area contributed by atoms with Gasteiger partial charge in [0, 0.05) is 0 Å². The van der Waals surface area contributed by atoms with Crippen LogP contribution in [0, 0.1) is 0 Å². The fourth-order valence-corrected chi connectivity index (χ4v) is 0.698. The quantitative estimate of drug-likeness (QED) is 0.354. The van der Waals surface area contributed by atoms with Crippen LogP contribution in [0.3, 0.4) is 0 Å². The third-order valence-corrected chi connectivity index (χ3v) is 1.12. The number of carbonyl (C=O) groups is 1. The number of hydrogen-bond donors (Lipinski definition) is 0. The first-order valence-electron chi connectivity index (χ1n) is 2.07. The van der Waals surface area contributed by atoms with Gasteiger partial charge in [-0.25, -0.2) is 4.79 Å². The summed E-state index contributed by atoms with van der Waals surface area (Å²) in [6, 6.07) is 0. The van der Waals surface area contributed by atoms with Gasteiger partial charge < -0.3 is 43.5 Å². The number of hydrogen-bond acceptors (Lipinski definition) is 9. The van der Waals surface area contributed by atoms with Crippen molar-refractivity contribution in [2.75, 3.05) is 0 Å². The van der Waals surface area contributed by atoms with Crippen LogP contribution in [0.2, 0.25) is 0 Å². The molecule has 0 saturated heterocycles. The molecule has 80 valence electrons. The van der Waals surface area contributed by atoms with Crippen molar-refractivity contribution >= 4 is 143 Å². The van der Waals surface area contributed by atoms with E-state index in [1.165, 1.54) is 0 Å². The average Bonchev–Trinajstić information content (AvgIpc) is 1.49. The maximum absolute atomic E-state index is 9.89. The van der Waals surface area contributed by atoms with Crippen LogP contribution >= 0.6 is 15.6 Å². The van der Waals surface area contributed by atoms with E-state index in [2.05, 4.69) is 9.05 Å². The molecule has 0 heterocycles. The Hall–Kier alpha value is 3.62. The minimum absolute atomic E-state index is 0. The van der Waals surface area contributed by atoms with E-state index in [9.17, 15) is 33.5 Å². The van der Waals surface area contributed by atoms with Crippen LogP contribution in [-0.2, 0) is 18.2 Å². The molecule has 0 saturated carbocycles. The van der Waals surface area contributed by atoms with Crippen LogP contribution in [0.5, 0.6) is 0 Å². The van der Waals surface area contributed by atoms with Gasteiger partial charge >= 0.3 is 128 Å². The molecule has 16 heavy (non-hydrogen) atoms. The zero-order chi connectivity index (χ0) is 9.99. The molecule has 0 rings (SSSR count). The molecule has 9 nitrogen and oxygen atoms in total. The molecule has 15 heteroatoms. The first-order valence-corrected chi connectivity index (χ1v) is 4.99. The van der Waals surface area contributed by atoms with E-state index in [1.54, 1.807) is 0 Å². The van der Waals surface area contributed by atoms with Crippen molar-refractivity contribution in [3.05, 3.63) is 0 Å². The van der Waals surface area contributed by atoms with Gasteiger partial charge in [0.05, 0.1) is 0 Å². The van der Waals surface area contributed by atoms with E-state index in [4.69, 9.17) is 0 Å². The Morgan fingerprint density at radius 1 is 0.875 bits per heavy atom. The van der Waals surface area contributed by atoms with E-state index in [0.29, 0.717) is 0 Å². The van der Waals surface area contributed by atoms with Crippen LogP contribution in [0.25, 0.3) is 0 Å². The molecule has 0 unspecified atom stereocenters. The zero-order valence-electron chi connectivity index (χ0n) is 11.9. The number of carbonyl (C=O) groups excluding carboxylic acids is 1. The van der Waals surface area contributed by atoms with Crippen molar-refractivity contribution in [1.82, 2.24) is 0 Å². The molecule has 0 aromatic carbocycles. The van der Waals surface area contributed by atoms with Gasteiger partial charge in [0.15, 0.2) is 0 Å². The Kier molecular flexibility index (Phi) is 27.0. The Morgan fingerprint density at radius 3 is 1.19 bits per heavy atom. The first kappa shape index (κ1) is 31.8. The molecule has 0 fully saturated rings. The van der Waals surface area contributed by atoms with Crippen LogP contribution in [-0.4, -0.2) is 128 Å². The van der Waals surface area contributed by atoms with Crippen molar-refractivity contribution in [2.24, 2.45) is 0 Å². The molecule has 0 aliphatic heterocycles. The second-order valence-electron chi connectivity index (χ2n) is 1.33. The molecular weight excluding hydrogens is 347 g/mol. The largest absolute Gasteiger partial charge is 2.00 e. The Labute approximate surface area is 188 Å². The summed E-state index contributed by atoms with van der Waals surface area (Å²) >= 11 is 0. The molecule has 0 N–H and O–H groups in total. The number of phosphoric acid groups is 2. The fourth-order valence-electron chi connectivity index (χ4n) is 0.199. The van der Waals surface area contributed by atoms with Crippen molar-refractivity contribution < 1.29 is 48.3 Å². The molecule has 0 bridgehead atoms. The van der Waals surface area contributed by atoms with E-state index in [-0.39, 0.29) is 127 Å². The molecule has 0 radical (unpaired) electrons. The van der Waals surface area contributed by atoms with Gasteiger partial charge in [0.25, 0.3) is 0 Å². The smallest absolute Gasteiger partial charge is 1.00 e. The average molecular weight is 351 g/mol. The maximum Gasteiger partial charge on any atom is 2.00 e. The summed E-state index contributed by atoms with van der Waals surface area (Å²) in [4.78, 5) is 48.2. The Bertz CT molecular complexity index is 259. The number of phosphoric ester groups is 2. The van der Waals surface area contributed by atoms with Gasteiger partial charge in [0.1, 0.15) is 15.6 Å². The van der Waals surface area contributed by atoms with Gasteiger partial charge in [-0.15, -0.1) is 0 Å². The van der Waals surface area contributed by atoms with Gasteiger partial charge in [-0.2, -0.15) is 0 Å². The normalized spacial score (nSPS) is 9.25. The van der Waals surface area contributed by atoms with Crippen molar-refractivity contribution in [1.29, 1.82) is 0 Å². The summed E-state index contributed by atoms with van der Waals surface area (Å²) in [6.07, 6.45) is -2.39. The van der Waals surface area contributed by atoms with E-state index in [1.807, 2.05) is 0 Å². The fraction of sp³-hybridized carbons (Fsp3) is 0. The predicted octanol–water partition coefficient (Wildman–Crippen LogP) is -4.28. The minimum atomic E-state index is -5.68. The zero-order valence-corrected chi connectivity index (χ0v) is 16.9. The molecule has 0 aliphatic rings. The summed E-state index contributed by atoms with van der Waals surface area (Å²) in [5, 5.41) is 0. The molecular formula is CH4Ca2Mg2O9P2. The maximum atomic E-state index is 9.89. The molecule has 0 amide bonds. The first-order chi connectivity index (χ1) is 5.10. The van der Waals surface area contributed by atoms with Gasteiger partial charge in [-0.05, 0) is 0 Å². The summed E-state index contributed by atoms with van der Waals surface area (Å²) in [5.41, 5.74) is 0. The summed E-state index contributed by atoms with van der Waals surface area (Å²) in [5.74, 6) is 0. The van der Waals surface area contributed by atoms with E-state index < -0.39 is 21.8 Å². The van der Waals surface area contributed by atoms with Gasteiger partial charge in [0.2, 0.25) is 0 Å². The van der Waals surface area contributed by atoms with Crippen LogP contribution in [0.1, 0.15) is 5.71 Å². The summed E-state index contributed by atoms with van der Waals surface area (Å²) < 4.78 is 24.8. The second-order valence-corrected chi connectivity index (χ2v) is 3.48. The van der Waals surface area contributed by atoms with Crippen molar-refractivity contribution in [3.63, 3.8) is 0 Å². The number of rotatable bonds is 2. The predicted molar refractivity (Wildman–Crippen MR) is 50.2 cm³/mol. The van der Waals surface area contributed by atoms with Crippen molar-refractivity contribution in [3.8, 4) is 0 Å². The molecule has 0 aromatic rings. The third-order valence-electron chi connectivity index (χ3n) is 0.373. The van der Waals surface area contributed by atoms with Crippen LogP contribution in [0.15, 0.2) is 0 Å². The SMILES string of the molecule is O=C(OP(=O)([O-])[O-])OP(=O)([O-])[O-].[Ca+2].[Ca+2].[H-].[H-].[H-].[H-].[Mg+2].[Mg+2]. The van der Waals surface area contributed by atoms with Gasteiger partial charge in [-0.1, -0.05) is 0 Å². The molecule has 0 spiro atoms. The third kappa shape index (κ3) is 26.2. The standard InChI is InChI=1S/CH4O9P2.2Ca.2Mg.4H/c2-1(9-11(3,4)5)10-12(6,7)8;;;;;;;;/h(H2,3,4,5)(H2,6,7,8);;;;;;;;/q;4*+2;4*-1/p-4. The summed E-state index contributed by atoms with van der Waals surface area (Å²) in [7, 11) is -11.4. The minimum Gasteiger partial charge on any atom is -1.00 e. The summed E-state index contributed by atoms with van der Waals surface area (Å²) in [6.45, 7) is 0. The Balaban J connectivity index is -0.0000000216. The van der Waals surface area contributed by atoms with E-state index >= 15 is 0 Å². The topological polar surface area (TPSA) is 162 Å². The van der Waals surface area contributed by atoms with Gasteiger partial charge in [-0.3, -0.25) is 0 Å². The van der Waals surface area contributed by atoms with E-state index in [0.717, 1.165) is 0 Å². The molecule has 0 aliphatic carbocycles. The van der Waals surface area contributed by atoms with Crippen LogP contribution < -0.4 is 19.6 Å². The monoisotopic (exact) mass is 350 g/mol. The second kappa shape index (κ2) is 13.6. The van der Waals surface area contributed by atoms with Crippen molar-refractivity contribution in [2.45, 2.75) is 0 Å². The molecule has 0 aromatic heterocycles. The molecule has 0 atom stereocenters.